The number of carbonyl (C=O) groups excluding carboxylic acids is 2. The van der Waals surface area contributed by atoms with Crippen molar-refractivity contribution in [3.8, 4) is 11.5 Å². The lowest BCUT2D eigenvalue weighted by molar-refractivity contribution is -0.130. The maximum absolute atomic E-state index is 12.4. The first-order valence-electron chi connectivity index (χ1n) is 10.0. The van der Waals surface area contributed by atoms with Crippen LogP contribution in [0, 0.1) is 0 Å². The average molecular weight is 412 g/mol. The normalized spacial score (nSPS) is 13.5. The van der Waals surface area contributed by atoms with Gasteiger partial charge in [0, 0.05) is 43.6 Å². The lowest BCUT2D eigenvalue weighted by atomic mass is 10.2. The molecule has 3 amide bonds. The molecule has 0 unspecified atom stereocenters. The molecule has 1 saturated heterocycles. The van der Waals surface area contributed by atoms with Gasteiger partial charge in [0.15, 0.2) is 11.5 Å². The van der Waals surface area contributed by atoms with Crippen LogP contribution in [0.25, 0.3) is 0 Å². The van der Waals surface area contributed by atoms with Crippen LogP contribution in [0.5, 0.6) is 11.5 Å². The van der Waals surface area contributed by atoms with Crippen LogP contribution in [0.3, 0.4) is 0 Å². The summed E-state index contributed by atoms with van der Waals surface area (Å²) in [5.41, 5.74) is 1.72. The van der Waals surface area contributed by atoms with Gasteiger partial charge in [-0.15, -0.1) is 0 Å². The van der Waals surface area contributed by atoms with Gasteiger partial charge in [0.25, 0.3) is 0 Å². The molecule has 1 fully saturated rings. The van der Waals surface area contributed by atoms with Gasteiger partial charge < -0.3 is 29.9 Å². The van der Waals surface area contributed by atoms with Crippen LogP contribution in [0.15, 0.2) is 48.5 Å². The summed E-state index contributed by atoms with van der Waals surface area (Å²) in [6, 6.07) is 14.8. The molecule has 0 saturated carbocycles. The molecular formula is C22H28N4O4. The van der Waals surface area contributed by atoms with Crippen LogP contribution in [0.4, 0.5) is 16.2 Å². The van der Waals surface area contributed by atoms with Gasteiger partial charge in [-0.1, -0.05) is 18.2 Å². The highest BCUT2D eigenvalue weighted by molar-refractivity contribution is 5.92. The predicted molar refractivity (Wildman–Crippen MR) is 116 cm³/mol. The Morgan fingerprint density at radius 3 is 2.40 bits per heavy atom. The minimum Gasteiger partial charge on any atom is -0.493 e. The number of ether oxygens (including phenoxy) is 2. The van der Waals surface area contributed by atoms with E-state index in [9.17, 15) is 9.59 Å². The molecule has 0 spiro atoms. The second kappa shape index (κ2) is 10.4. The second-order valence-electron chi connectivity index (χ2n) is 6.81. The van der Waals surface area contributed by atoms with Gasteiger partial charge in [-0.05, 0) is 31.2 Å². The van der Waals surface area contributed by atoms with E-state index >= 15 is 0 Å². The number of amides is 3. The molecule has 1 aliphatic heterocycles. The lowest BCUT2D eigenvalue weighted by Crippen LogP contribution is -2.51. The van der Waals surface area contributed by atoms with E-state index in [2.05, 4.69) is 27.7 Å². The Morgan fingerprint density at radius 2 is 1.73 bits per heavy atom. The smallest absolute Gasteiger partial charge is 0.319 e. The fraction of sp³-hybridized carbons (Fsp3) is 0.364. The Hall–Kier alpha value is -3.42. The molecule has 160 valence electrons. The number of rotatable bonds is 7. The van der Waals surface area contributed by atoms with E-state index in [4.69, 9.17) is 9.47 Å². The van der Waals surface area contributed by atoms with Crippen molar-refractivity contribution in [2.75, 3.05) is 56.7 Å². The number of urea groups is 1. The van der Waals surface area contributed by atoms with E-state index in [0.717, 1.165) is 18.8 Å². The Morgan fingerprint density at radius 1 is 1.00 bits per heavy atom. The van der Waals surface area contributed by atoms with Crippen LogP contribution in [0.2, 0.25) is 0 Å². The Balaban J connectivity index is 1.45. The molecular weight excluding hydrogens is 384 g/mol. The van der Waals surface area contributed by atoms with Crippen molar-refractivity contribution in [2.45, 2.75) is 6.92 Å². The number of nitrogens with zero attached hydrogens (tertiary/aromatic N) is 2. The fourth-order valence-corrected chi connectivity index (χ4v) is 3.32. The highest BCUT2D eigenvalue weighted by Gasteiger charge is 2.21. The summed E-state index contributed by atoms with van der Waals surface area (Å²) >= 11 is 0. The number of nitrogens with one attached hydrogen (secondary N) is 2. The zero-order valence-electron chi connectivity index (χ0n) is 17.4. The molecule has 8 nitrogen and oxygen atoms in total. The summed E-state index contributed by atoms with van der Waals surface area (Å²) in [6.07, 6.45) is 0. The molecule has 2 aromatic carbocycles. The van der Waals surface area contributed by atoms with Crippen molar-refractivity contribution < 1.29 is 19.1 Å². The molecule has 0 aliphatic carbocycles. The van der Waals surface area contributed by atoms with Gasteiger partial charge >= 0.3 is 6.03 Å². The van der Waals surface area contributed by atoms with Gasteiger partial charge in [-0.25, -0.2) is 4.79 Å². The molecule has 30 heavy (non-hydrogen) atoms. The zero-order chi connectivity index (χ0) is 21.3. The maximum Gasteiger partial charge on any atom is 0.319 e. The second-order valence-corrected chi connectivity index (χ2v) is 6.81. The van der Waals surface area contributed by atoms with Gasteiger partial charge in [0.05, 0.1) is 20.3 Å². The van der Waals surface area contributed by atoms with Crippen molar-refractivity contribution in [3.63, 3.8) is 0 Å². The number of para-hydroxylation sites is 1. The molecule has 1 heterocycles. The fourth-order valence-electron chi connectivity index (χ4n) is 3.32. The molecule has 3 rings (SSSR count). The van der Waals surface area contributed by atoms with Gasteiger partial charge in [0.2, 0.25) is 5.91 Å². The van der Waals surface area contributed by atoms with E-state index in [-0.39, 0.29) is 12.5 Å². The third-order valence-electron chi connectivity index (χ3n) is 4.88. The first kappa shape index (κ1) is 21.3. The summed E-state index contributed by atoms with van der Waals surface area (Å²) in [5.74, 6) is 1.04. The van der Waals surface area contributed by atoms with Crippen molar-refractivity contribution in [2.24, 2.45) is 0 Å². The van der Waals surface area contributed by atoms with Crippen LogP contribution >= 0.6 is 0 Å². The quantitative estimate of drug-likeness (QED) is 0.730. The summed E-state index contributed by atoms with van der Waals surface area (Å²) in [5, 5.41) is 5.34. The third-order valence-corrected chi connectivity index (χ3v) is 4.88. The summed E-state index contributed by atoms with van der Waals surface area (Å²) in [4.78, 5) is 28.7. The third kappa shape index (κ3) is 5.56. The van der Waals surface area contributed by atoms with Gasteiger partial charge in [-0.2, -0.15) is 0 Å². The molecule has 0 bridgehead atoms. The first-order valence-corrected chi connectivity index (χ1v) is 10.0. The van der Waals surface area contributed by atoms with Crippen molar-refractivity contribution in [1.82, 2.24) is 10.2 Å². The van der Waals surface area contributed by atoms with E-state index in [1.807, 2.05) is 25.1 Å². The molecule has 2 aromatic rings. The van der Waals surface area contributed by atoms with Crippen LogP contribution in [-0.2, 0) is 4.79 Å². The Bertz CT molecular complexity index is 851. The van der Waals surface area contributed by atoms with E-state index in [1.54, 1.807) is 30.2 Å². The predicted octanol–water partition coefficient (Wildman–Crippen LogP) is 2.56. The number of carbonyl (C=O) groups is 2. The van der Waals surface area contributed by atoms with E-state index in [1.165, 1.54) is 0 Å². The topological polar surface area (TPSA) is 83.1 Å². The van der Waals surface area contributed by atoms with E-state index in [0.29, 0.717) is 36.9 Å². The summed E-state index contributed by atoms with van der Waals surface area (Å²) in [7, 11) is 1.56. The Kier molecular flexibility index (Phi) is 7.37. The number of piperazine rings is 1. The number of hydrogen-bond donors (Lipinski definition) is 2. The summed E-state index contributed by atoms with van der Waals surface area (Å²) < 4.78 is 10.7. The van der Waals surface area contributed by atoms with Crippen LogP contribution in [-0.4, -0.2) is 63.3 Å². The Labute approximate surface area is 176 Å². The highest BCUT2D eigenvalue weighted by Crippen LogP contribution is 2.30. The van der Waals surface area contributed by atoms with Crippen LogP contribution in [0.1, 0.15) is 6.92 Å². The number of anilines is 2. The molecule has 8 heteroatoms. The zero-order valence-corrected chi connectivity index (χ0v) is 17.4. The van der Waals surface area contributed by atoms with Gasteiger partial charge in [-0.3, -0.25) is 4.79 Å². The average Bonchev–Trinajstić information content (AvgIpc) is 2.78. The molecule has 1 aliphatic rings. The minimum absolute atomic E-state index is 0.0500. The van der Waals surface area contributed by atoms with Crippen LogP contribution < -0.4 is 25.0 Å². The largest absolute Gasteiger partial charge is 0.493 e. The van der Waals surface area contributed by atoms with Crippen molar-refractivity contribution >= 4 is 23.3 Å². The molecule has 0 atom stereocenters. The standard InChI is InChI=1S/C22H28N4O4/c1-3-30-20-15-17(9-10-19(20)29-2)24-22(28)23-16-21(27)26-13-11-25(12-14-26)18-7-5-4-6-8-18/h4-10,15H,3,11-14,16H2,1-2H3,(H2,23,24,28). The molecule has 0 aromatic heterocycles. The number of hydrogen-bond acceptors (Lipinski definition) is 5. The molecule has 0 radical (unpaired) electrons. The minimum atomic E-state index is -0.445. The van der Waals surface area contributed by atoms with E-state index < -0.39 is 6.03 Å². The number of methoxy groups -OCH3 is 1. The van der Waals surface area contributed by atoms with Gasteiger partial charge in [0.1, 0.15) is 0 Å². The van der Waals surface area contributed by atoms with Crippen molar-refractivity contribution in [1.29, 1.82) is 0 Å². The highest BCUT2D eigenvalue weighted by atomic mass is 16.5. The SMILES string of the molecule is CCOc1cc(NC(=O)NCC(=O)N2CCN(c3ccccc3)CC2)ccc1OC. The number of benzene rings is 2. The maximum atomic E-state index is 12.4. The van der Waals surface area contributed by atoms with Crippen molar-refractivity contribution in [3.05, 3.63) is 48.5 Å². The first-order chi connectivity index (χ1) is 14.6. The monoisotopic (exact) mass is 412 g/mol. The molecule has 2 N–H and O–H groups in total. The lowest BCUT2D eigenvalue weighted by Gasteiger charge is -2.36. The summed E-state index contributed by atoms with van der Waals surface area (Å²) in [6.45, 7) is 5.11.